The van der Waals surface area contributed by atoms with E-state index >= 15 is 0 Å². The summed E-state index contributed by atoms with van der Waals surface area (Å²) < 4.78 is 11.5. The molecule has 0 radical (unpaired) electrons. The Bertz CT molecular complexity index is 740. The van der Waals surface area contributed by atoms with Crippen LogP contribution in [0.5, 0.6) is 0 Å². The van der Waals surface area contributed by atoms with Gasteiger partial charge in [-0.1, -0.05) is 79.7 Å². The minimum atomic E-state index is -0.841. The van der Waals surface area contributed by atoms with Gasteiger partial charge in [-0.2, -0.15) is 0 Å². The fraction of sp³-hybridized carbons (Fsp3) is 0.733. The summed E-state index contributed by atoms with van der Waals surface area (Å²) in [6, 6.07) is -0.841. The second-order valence-corrected chi connectivity index (χ2v) is 11.8. The zero-order valence-corrected chi connectivity index (χ0v) is 25.1. The summed E-state index contributed by atoms with van der Waals surface area (Å²) in [5, 5.41) is 24.1. The molecule has 0 aromatic carbocycles. The van der Waals surface area contributed by atoms with Crippen LogP contribution in [-0.4, -0.2) is 60.2 Å². The number of hydrogen-bond donors (Lipinski definition) is 3. The summed E-state index contributed by atoms with van der Waals surface area (Å²) in [5.41, 5.74) is -0.938. The summed E-state index contributed by atoms with van der Waals surface area (Å²) in [5.74, 6) is -0.889. The molecule has 1 amide bonds. The van der Waals surface area contributed by atoms with Crippen molar-refractivity contribution >= 4 is 11.9 Å². The summed E-state index contributed by atoms with van der Waals surface area (Å²) in [7, 11) is 0. The first kappa shape index (κ1) is 37.2. The van der Waals surface area contributed by atoms with Crippen molar-refractivity contribution < 1.29 is 29.3 Å². The largest absolute Gasteiger partial charge is 0.463 e. The topological polar surface area (TPSA) is 105 Å². The number of nitrogens with one attached hydrogen (secondary N) is 1. The maximum Gasteiger partial charge on any atom is 0.329 e. The van der Waals surface area contributed by atoms with Gasteiger partial charge in [0, 0.05) is 30.8 Å². The highest BCUT2D eigenvalue weighted by Gasteiger charge is 2.44. The van der Waals surface area contributed by atoms with Gasteiger partial charge in [0.2, 0.25) is 5.91 Å². The average molecular weight is 526 g/mol. The minimum absolute atomic E-state index is 0.00155. The van der Waals surface area contributed by atoms with Crippen LogP contribution < -0.4 is 5.32 Å². The van der Waals surface area contributed by atoms with Crippen LogP contribution in [0.25, 0.3) is 0 Å². The Morgan fingerprint density at radius 2 is 1.57 bits per heavy atom. The first-order valence-corrected chi connectivity index (χ1v) is 13.1. The predicted molar refractivity (Wildman–Crippen MR) is 152 cm³/mol. The average Bonchev–Trinajstić information content (AvgIpc) is 2.81. The Kier molecular flexibility index (Phi) is 16.9. The number of rotatable bonds is 16. The van der Waals surface area contributed by atoms with E-state index in [9.17, 15) is 19.8 Å². The number of hydrogen-bond acceptors (Lipinski definition) is 6. The lowest BCUT2D eigenvalue weighted by Gasteiger charge is -2.44. The summed E-state index contributed by atoms with van der Waals surface area (Å²) >= 11 is 0. The Balaban J connectivity index is 0. The maximum atomic E-state index is 12.8. The van der Waals surface area contributed by atoms with Crippen LogP contribution in [0.2, 0.25) is 0 Å². The Hall–Kier alpha value is -1.96. The Morgan fingerprint density at radius 3 is 2.03 bits per heavy atom. The van der Waals surface area contributed by atoms with Gasteiger partial charge in [0.25, 0.3) is 0 Å². The molecule has 4 unspecified atom stereocenters. The number of aliphatic hydroxyl groups excluding tert-OH is 2. The number of ether oxygens (including phenoxy) is 2. The molecule has 7 heteroatoms. The molecule has 0 aliphatic rings. The van der Waals surface area contributed by atoms with E-state index in [0.29, 0.717) is 25.2 Å². The Labute approximate surface area is 226 Å². The fourth-order valence-corrected chi connectivity index (χ4v) is 4.08. The molecule has 4 atom stereocenters. The van der Waals surface area contributed by atoms with Crippen LogP contribution in [0.3, 0.4) is 0 Å². The smallest absolute Gasteiger partial charge is 0.329 e. The summed E-state index contributed by atoms with van der Waals surface area (Å²) in [6.07, 6.45) is 3.27. The van der Waals surface area contributed by atoms with E-state index in [1.807, 2.05) is 68.4 Å². The molecule has 0 spiro atoms. The molecule has 0 heterocycles. The normalized spacial score (nSPS) is 15.7. The first-order chi connectivity index (χ1) is 16.9. The third-order valence-electron chi connectivity index (χ3n) is 6.96. The number of aliphatic hydroxyl groups is 2. The van der Waals surface area contributed by atoms with E-state index in [1.165, 1.54) is 6.92 Å². The highest BCUT2D eigenvalue weighted by Crippen LogP contribution is 2.40. The van der Waals surface area contributed by atoms with Crippen LogP contribution in [0, 0.1) is 22.2 Å². The van der Waals surface area contributed by atoms with Crippen molar-refractivity contribution in [1.82, 2.24) is 5.32 Å². The van der Waals surface area contributed by atoms with Gasteiger partial charge in [0.15, 0.2) is 0 Å². The van der Waals surface area contributed by atoms with E-state index < -0.39 is 35.0 Å². The number of amides is 1. The van der Waals surface area contributed by atoms with E-state index in [2.05, 4.69) is 25.1 Å². The van der Waals surface area contributed by atoms with Gasteiger partial charge in [-0.15, -0.1) is 13.2 Å². The highest BCUT2D eigenvalue weighted by atomic mass is 16.5. The molecule has 0 saturated carbocycles. The fourth-order valence-electron chi connectivity index (χ4n) is 4.08. The predicted octanol–water partition coefficient (Wildman–Crippen LogP) is 5.22. The summed E-state index contributed by atoms with van der Waals surface area (Å²) in [6.45, 7) is 29.5. The molecular formula is C30H55NO6. The lowest BCUT2D eigenvalue weighted by Crippen LogP contribution is -2.49. The van der Waals surface area contributed by atoms with Gasteiger partial charge in [-0.25, -0.2) is 4.79 Å². The first-order valence-electron chi connectivity index (χ1n) is 13.1. The van der Waals surface area contributed by atoms with Crippen LogP contribution in [-0.2, 0) is 19.1 Å². The van der Waals surface area contributed by atoms with E-state index in [-0.39, 0.29) is 30.3 Å². The molecule has 0 aliphatic heterocycles. The van der Waals surface area contributed by atoms with Gasteiger partial charge in [0.1, 0.15) is 6.04 Å². The van der Waals surface area contributed by atoms with Gasteiger partial charge in [-0.3, -0.25) is 4.79 Å². The molecule has 3 N–H and O–H groups in total. The minimum Gasteiger partial charge on any atom is -0.463 e. The zero-order valence-electron chi connectivity index (χ0n) is 25.1. The number of allylic oxidation sites excluding steroid dienone is 2. The van der Waals surface area contributed by atoms with Crippen molar-refractivity contribution in [2.45, 2.75) is 100 Å². The number of carbonyl (C=O) groups is 2. The van der Waals surface area contributed by atoms with Crippen molar-refractivity contribution in [2.24, 2.45) is 22.2 Å². The van der Waals surface area contributed by atoms with E-state index in [1.54, 1.807) is 6.08 Å². The van der Waals surface area contributed by atoms with Gasteiger partial charge in [0.05, 0.1) is 25.4 Å². The third-order valence-corrected chi connectivity index (χ3v) is 6.96. The van der Waals surface area contributed by atoms with Gasteiger partial charge >= 0.3 is 5.97 Å². The number of esters is 1. The maximum absolute atomic E-state index is 12.8. The lowest BCUT2D eigenvalue weighted by atomic mass is 9.66. The number of carbonyl (C=O) groups excluding carboxylic acids is 2. The molecule has 216 valence electrons. The molecule has 0 bridgehead atoms. The molecule has 0 aromatic rings. The molecule has 0 fully saturated rings. The second-order valence-electron chi connectivity index (χ2n) is 11.8. The van der Waals surface area contributed by atoms with Crippen LogP contribution in [0.1, 0.15) is 82.1 Å². The molecule has 7 nitrogen and oxygen atoms in total. The SMILES string of the molecule is C=C.C=C(/C=C\C)CC(NC(C)=O)C(=O)OCC(C)(C)C(O)C(C)(C)C(C)COCC(C)(C)C(O)CC. The summed E-state index contributed by atoms with van der Waals surface area (Å²) in [4.78, 5) is 24.3. The monoisotopic (exact) mass is 525 g/mol. The van der Waals surface area contributed by atoms with Gasteiger partial charge < -0.3 is 25.0 Å². The highest BCUT2D eigenvalue weighted by molar-refractivity contribution is 5.83. The second kappa shape index (κ2) is 16.8. The van der Waals surface area contributed by atoms with Crippen molar-refractivity contribution in [3.63, 3.8) is 0 Å². The van der Waals surface area contributed by atoms with Crippen LogP contribution in [0.4, 0.5) is 0 Å². The van der Waals surface area contributed by atoms with Crippen molar-refractivity contribution in [3.05, 3.63) is 37.5 Å². The standard InChI is InChI=1S/C28H51NO6.C2H4/c1-12-14-19(3)15-22(29-21(5)30)24(32)35-18-27(8,9)25(33)28(10,11)20(4)16-34-17-26(6,7)23(31)13-2;1-2/h12,14,20,22-23,25,31,33H,3,13,15-18H2,1-2,4-11H3,(H,29,30);1-2H2/b14-12-;. The van der Waals surface area contributed by atoms with E-state index in [4.69, 9.17) is 9.47 Å². The molecule has 0 rings (SSSR count). The Morgan fingerprint density at radius 1 is 1.03 bits per heavy atom. The molecule has 0 aromatic heterocycles. The zero-order chi connectivity index (χ0) is 29.6. The lowest BCUT2D eigenvalue weighted by molar-refractivity contribution is -0.158. The van der Waals surface area contributed by atoms with Crippen LogP contribution >= 0.6 is 0 Å². The van der Waals surface area contributed by atoms with Crippen molar-refractivity contribution in [2.75, 3.05) is 19.8 Å². The third kappa shape index (κ3) is 12.9. The van der Waals surface area contributed by atoms with Crippen molar-refractivity contribution in [3.8, 4) is 0 Å². The van der Waals surface area contributed by atoms with Gasteiger partial charge in [-0.05, 0) is 24.7 Å². The quantitative estimate of drug-likeness (QED) is 0.145. The van der Waals surface area contributed by atoms with E-state index in [0.717, 1.165) is 0 Å². The molecule has 0 saturated heterocycles. The van der Waals surface area contributed by atoms with Crippen LogP contribution in [0.15, 0.2) is 37.5 Å². The van der Waals surface area contributed by atoms with Crippen molar-refractivity contribution in [1.29, 1.82) is 0 Å². The molecule has 37 heavy (non-hydrogen) atoms. The molecular weight excluding hydrogens is 470 g/mol. The molecule has 0 aliphatic carbocycles.